The lowest BCUT2D eigenvalue weighted by Gasteiger charge is -1.97. The maximum absolute atomic E-state index is 10.6. The Hall–Kier alpha value is -1.41. The van der Waals surface area contributed by atoms with Crippen LogP contribution in [-0.4, -0.2) is 19.0 Å². The van der Waals surface area contributed by atoms with Crippen LogP contribution >= 0.6 is 0 Å². The second-order valence-electron chi connectivity index (χ2n) is 3.34. The minimum Gasteiger partial charge on any atom is -0.377 e. The van der Waals surface area contributed by atoms with Crippen LogP contribution in [0.15, 0.2) is 36.4 Å². The fraction of sp³-hybridized carbons (Fsp3) is 0.308. The summed E-state index contributed by atoms with van der Waals surface area (Å²) in [5.74, 6) is 0.169. The maximum atomic E-state index is 10.6. The summed E-state index contributed by atoms with van der Waals surface area (Å²) < 4.78 is 5.26. The van der Waals surface area contributed by atoms with E-state index < -0.39 is 0 Å². The Bertz CT molecular complexity index is 315. The number of hydrogen-bond acceptors (Lipinski definition) is 2. The highest BCUT2D eigenvalue weighted by molar-refractivity contribution is 5.75. The summed E-state index contributed by atoms with van der Waals surface area (Å²) in [5, 5.41) is 0. The first-order chi connectivity index (χ1) is 7.29. The Morgan fingerprint density at radius 3 is 2.73 bits per heavy atom. The zero-order valence-corrected chi connectivity index (χ0v) is 8.98. The van der Waals surface area contributed by atoms with Gasteiger partial charge in [0.25, 0.3) is 0 Å². The van der Waals surface area contributed by atoms with Gasteiger partial charge < -0.3 is 4.74 Å². The summed E-state index contributed by atoms with van der Waals surface area (Å²) >= 11 is 0. The first-order valence-electron chi connectivity index (χ1n) is 5.08. The second kappa shape index (κ2) is 6.96. The molecule has 0 radical (unpaired) electrons. The lowest BCUT2D eigenvalue weighted by Crippen LogP contribution is -1.99. The first kappa shape index (κ1) is 11.7. The minimum atomic E-state index is 0.169. The molecule has 0 aromatic heterocycles. The second-order valence-corrected chi connectivity index (χ2v) is 3.34. The average molecular weight is 204 g/mol. The number of Topliss-reactive ketones (excluding diaryl/α,β-unsaturated/α-hetero) is 1. The van der Waals surface area contributed by atoms with E-state index in [2.05, 4.69) is 0 Å². The van der Waals surface area contributed by atoms with E-state index in [1.807, 2.05) is 42.5 Å². The first-order valence-corrected chi connectivity index (χ1v) is 5.08. The summed E-state index contributed by atoms with van der Waals surface area (Å²) in [6.45, 7) is 2.64. The van der Waals surface area contributed by atoms with Gasteiger partial charge in [0.2, 0.25) is 0 Å². The highest BCUT2D eigenvalue weighted by atomic mass is 16.5. The zero-order valence-electron chi connectivity index (χ0n) is 8.98. The molecule has 0 amide bonds. The van der Waals surface area contributed by atoms with Crippen LogP contribution in [0.25, 0.3) is 6.08 Å². The summed E-state index contributed by atoms with van der Waals surface area (Å²) in [6, 6.07) is 10.0. The molecule has 0 heterocycles. The Balaban J connectivity index is 2.15. The number of ether oxygens (including phenoxy) is 1. The molecule has 2 heteroatoms. The fourth-order valence-electron chi connectivity index (χ4n) is 1.12. The van der Waals surface area contributed by atoms with Gasteiger partial charge in [0.1, 0.15) is 5.78 Å². The van der Waals surface area contributed by atoms with Crippen LogP contribution in [0.5, 0.6) is 0 Å². The van der Waals surface area contributed by atoms with E-state index in [4.69, 9.17) is 4.74 Å². The van der Waals surface area contributed by atoms with Crippen LogP contribution < -0.4 is 0 Å². The Kier molecular flexibility index (Phi) is 5.41. The molecule has 1 aromatic rings. The van der Waals surface area contributed by atoms with E-state index in [1.165, 1.54) is 0 Å². The van der Waals surface area contributed by atoms with E-state index in [1.54, 1.807) is 6.92 Å². The topological polar surface area (TPSA) is 26.3 Å². The summed E-state index contributed by atoms with van der Waals surface area (Å²) in [6.07, 6.45) is 4.46. The number of ketones is 1. The van der Waals surface area contributed by atoms with Gasteiger partial charge in [-0.15, -0.1) is 0 Å². The number of rotatable bonds is 6. The predicted molar refractivity (Wildman–Crippen MR) is 61.6 cm³/mol. The van der Waals surface area contributed by atoms with Crippen molar-refractivity contribution in [3.05, 3.63) is 42.0 Å². The smallest absolute Gasteiger partial charge is 0.132 e. The van der Waals surface area contributed by atoms with E-state index in [0.29, 0.717) is 19.6 Å². The van der Waals surface area contributed by atoms with Crippen LogP contribution in [0.4, 0.5) is 0 Å². The van der Waals surface area contributed by atoms with Crippen LogP contribution in [0.3, 0.4) is 0 Å². The summed E-state index contributed by atoms with van der Waals surface area (Å²) in [7, 11) is 0. The quantitative estimate of drug-likeness (QED) is 0.666. The standard InChI is InChI=1S/C13H16O2/c1-12(14)9-11-15-10-5-8-13-6-3-2-4-7-13/h2-8H,9-11H2,1H3/b8-5+. The monoisotopic (exact) mass is 204 g/mol. The molecule has 0 spiro atoms. The molecule has 0 atom stereocenters. The fourth-order valence-corrected chi connectivity index (χ4v) is 1.12. The van der Waals surface area contributed by atoms with Gasteiger partial charge in [-0.05, 0) is 12.5 Å². The molecule has 15 heavy (non-hydrogen) atoms. The number of carbonyl (C=O) groups excluding carboxylic acids is 1. The van der Waals surface area contributed by atoms with Gasteiger partial charge in [0.15, 0.2) is 0 Å². The molecule has 0 saturated heterocycles. The van der Waals surface area contributed by atoms with Crippen LogP contribution in [0.1, 0.15) is 18.9 Å². The molecule has 0 fully saturated rings. The SMILES string of the molecule is CC(=O)CCOC/C=C/c1ccccc1. The third-order valence-electron chi connectivity index (χ3n) is 1.92. The number of benzene rings is 1. The lowest BCUT2D eigenvalue weighted by molar-refractivity contribution is -0.117. The van der Waals surface area contributed by atoms with Gasteiger partial charge in [-0.25, -0.2) is 0 Å². The Morgan fingerprint density at radius 2 is 2.07 bits per heavy atom. The van der Waals surface area contributed by atoms with Crippen LogP contribution in [0, 0.1) is 0 Å². The van der Waals surface area contributed by atoms with Crippen LogP contribution in [0.2, 0.25) is 0 Å². The number of hydrogen-bond donors (Lipinski definition) is 0. The molecule has 1 aromatic carbocycles. The average Bonchev–Trinajstić information content (AvgIpc) is 2.24. The van der Waals surface area contributed by atoms with Gasteiger partial charge in [0.05, 0.1) is 13.2 Å². The van der Waals surface area contributed by atoms with Gasteiger partial charge in [-0.3, -0.25) is 4.79 Å². The maximum Gasteiger partial charge on any atom is 0.132 e. The Morgan fingerprint density at radius 1 is 1.33 bits per heavy atom. The van der Waals surface area contributed by atoms with Crippen molar-refractivity contribution in [2.45, 2.75) is 13.3 Å². The molecule has 0 bridgehead atoms. The van der Waals surface area contributed by atoms with Crippen molar-refractivity contribution in [1.29, 1.82) is 0 Å². The molecular weight excluding hydrogens is 188 g/mol. The van der Waals surface area contributed by atoms with Crippen molar-refractivity contribution >= 4 is 11.9 Å². The normalized spacial score (nSPS) is 10.7. The molecule has 80 valence electrons. The lowest BCUT2D eigenvalue weighted by atomic mass is 10.2. The zero-order chi connectivity index (χ0) is 10.9. The van der Waals surface area contributed by atoms with Crippen molar-refractivity contribution in [3.8, 4) is 0 Å². The van der Waals surface area contributed by atoms with Crippen molar-refractivity contribution in [3.63, 3.8) is 0 Å². The van der Waals surface area contributed by atoms with Crippen molar-refractivity contribution in [2.75, 3.05) is 13.2 Å². The molecule has 0 aliphatic rings. The summed E-state index contributed by atoms with van der Waals surface area (Å²) in [5.41, 5.74) is 1.16. The third kappa shape index (κ3) is 5.81. The van der Waals surface area contributed by atoms with Crippen molar-refractivity contribution in [1.82, 2.24) is 0 Å². The van der Waals surface area contributed by atoms with Crippen molar-refractivity contribution in [2.24, 2.45) is 0 Å². The molecule has 0 N–H and O–H groups in total. The highest BCUT2D eigenvalue weighted by Crippen LogP contribution is 2.00. The van der Waals surface area contributed by atoms with Gasteiger partial charge in [0, 0.05) is 6.42 Å². The number of carbonyl (C=O) groups is 1. The van der Waals surface area contributed by atoms with E-state index >= 15 is 0 Å². The van der Waals surface area contributed by atoms with Gasteiger partial charge in [-0.2, -0.15) is 0 Å². The Labute approximate surface area is 90.6 Å². The molecule has 0 unspecified atom stereocenters. The van der Waals surface area contributed by atoms with E-state index in [9.17, 15) is 4.79 Å². The molecule has 0 saturated carbocycles. The minimum absolute atomic E-state index is 0.169. The van der Waals surface area contributed by atoms with Crippen molar-refractivity contribution < 1.29 is 9.53 Å². The predicted octanol–water partition coefficient (Wildman–Crippen LogP) is 2.70. The molecule has 0 aliphatic carbocycles. The highest BCUT2D eigenvalue weighted by Gasteiger charge is 1.91. The molecule has 2 nitrogen and oxygen atoms in total. The van der Waals surface area contributed by atoms with Gasteiger partial charge >= 0.3 is 0 Å². The summed E-state index contributed by atoms with van der Waals surface area (Å²) in [4.78, 5) is 10.6. The molecule has 1 rings (SSSR count). The molecule has 0 aliphatic heterocycles. The third-order valence-corrected chi connectivity index (χ3v) is 1.92. The molecular formula is C13H16O2. The van der Waals surface area contributed by atoms with E-state index in [0.717, 1.165) is 5.56 Å². The van der Waals surface area contributed by atoms with E-state index in [-0.39, 0.29) is 5.78 Å². The van der Waals surface area contributed by atoms with Crippen LogP contribution in [-0.2, 0) is 9.53 Å². The van der Waals surface area contributed by atoms with Gasteiger partial charge in [-0.1, -0.05) is 42.5 Å². The largest absolute Gasteiger partial charge is 0.377 e.